The molecule has 3 heteroatoms. The van der Waals surface area contributed by atoms with E-state index in [4.69, 9.17) is 0 Å². The fourth-order valence-corrected chi connectivity index (χ4v) is 2.55. The van der Waals surface area contributed by atoms with Crippen molar-refractivity contribution in [2.75, 3.05) is 0 Å². The van der Waals surface area contributed by atoms with E-state index >= 15 is 0 Å². The number of aromatic nitrogens is 1. The van der Waals surface area contributed by atoms with Crippen LogP contribution >= 0.6 is 15.9 Å². The largest absolute Gasteiger partial charge is 0.306 e. The van der Waals surface area contributed by atoms with Crippen LogP contribution in [0.4, 0.5) is 0 Å². The van der Waals surface area contributed by atoms with Crippen LogP contribution in [-0.2, 0) is 6.54 Å². The minimum absolute atomic E-state index is 0.372. The van der Waals surface area contributed by atoms with Gasteiger partial charge in [0.1, 0.15) is 0 Å². The first-order valence-corrected chi connectivity index (χ1v) is 7.38. The molecule has 0 saturated carbocycles. The first kappa shape index (κ1) is 14.2. The van der Waals surface area contributed by atoms with Gasteiger partial charge in [0.25, 0.3) is 0 Å². The lowest BCUT2D eigenvalue weighted by atomic mass is 10.0. The SMILES string of the molecule is CCC(NCc1cnccc1C)c1cccc(Br)c1. The Balaban J connectivity index is 2.06. The fraction of sp³-hybridized carbons (Fsp3) is 0.312. The molecule has 0 aliphatic rings. The van der Waals surface area contributed by atoms with Crippen molar-refractivity contribution < 1.29 is 0 Å². The maximum Gasteiger partial charge on any atom is 0.0321 e. The molecule has 1 aromatic heterocycles. The van der Waals surface area contributed by atoms with E-state index in [-0.39, 0.29) is 0 Å². The molecule has 100 valence electrons. The predicted octanol–water partition coefficient (Wildman–Crippen LogP) is 4.39. The second-order valence-electron chi connectivity index (χ2n) is 4.70. The van der Waals surface area contributed by atoms with E-state index in [9.17, 15) is 0 Å². The lowest BCUT2D eigenvalue weighted by Gasteiger charge is -2.18. The third kappa shape index (κ3) is 3.88. The van der Waals surface area contributed by atoms with Gasteiger partial charge < -0.3 is 5.32 Å². The minimum atomic E-state index is 0.372. The van der Waals surface area contributed by atoms with Gasteiger partial charge in [0.15, 0.2) is 0 Å². The van der Waals surface area contributed by atoms with Crippen LogP contribution in [0.5, 0.6) is 0 Å². The Bertz CT molecular complexity index is 540. The van der Waals surface area contributed by atoms with E-state index in [0.717, 1.165) is 17.4 Å². The van der Waals surface area contributed by atoms with Crippen LogP contribution in [0.15, 0.2) is 47.2 Å². The molecule has 0 bridgehead atoms. The monoisotopic (exact) mass is 318 g/mol. The van der Waals surface area contributed by atoms with Gasteiger partial charge in [-0.3, -0.25) is 4.98 Å². The van der Waals surface area contributed by atoms with Gasteiger partial charge >= 0.3 is 0 Å². The summed E-state index contributed by atoms with van der Waals surface area (Å²) in [4.78, 5) is 4.19. The second-order valence-corrected chi connectivity index (χ2v) is 5.61. The normalized spacial score (nSPS) is 12.4. The molecule has 0 amide bonds. The van der Waals surface area contributed by atoms with Crippen LogP contribution < -0.4 is 5.32 Å². The summed E-state index contributed by atoms with van der Waals surface area (Å²) < 4.78 is 1.13. The maximum atomic E-state index is 4.19. The average Bonchev–Trinajstić information content (AvgIpc) is 2.41. The molecule has 1 unspecified atom stereocenters. The summed E-state index contributed by atoms with van der Waals surface area (Å²) in [5.74, 6) is 0. The molecule has 2 rings (SSSR count). The van der Waals surface area contributed by atoms with Crippen molar-refractivity contribution in [2.45, 2.75) is 32.9 Å². The summed E-state index contributed by atoms with van der Waals surface area (Å²) in [5, 5.41) is 3.61. The van der Waals surface area contributed by atoms with E-state index in [0.29, 0.717) is 6.04 Å². The van der Waals surface area contributed by atoms with Crippen molar-refractivity contribution in [1.82, 2.24) is 10.3 Å². The number of nitrogens with one attached hydrogen (secondary N) is 1. The van der Waals surface area contributed by atoms with Gasteiger partial charge in [0, 0.05) is 29.5 Å². The van der Waals surface area contributed by atoms with Gasteiger partial charge in [0.05, 0.1) is 0 Å². The van der Waals surface area contributed by atoms with Gasteiger partial charge in [-0.15, -0.1) is 0 Å². The summed E-state index contributed by atoms with van der Waals surface area (Å²) in [6.07, 6.45) is 4.84. The van der Waals surface area contributed by atoms with Crippen LogP contribution in [0.3, 0.4) is 0 Å². The molecule has 0 aliphatic heterocycles. The van der Waals surface area contributed by atoms with Crippen LogP contribution in [0, 0.1) is 6.92 Å². The summed E-state index contributed by atoms with van der Waals surface area (Å²) in [6.45, 7) is 5.18. The molecule has 19 heavy (non-hydrogen) atoms. The van der Waals surface area contributed by atoms with Crippen molar-refractivity contribution >= 4 is 15.9 Å². The molecule has 1 aromatic carbocycles. The lowest BCUT2D eigenvalue weighted by Crippen LogP contribution is -2.20. The standard InChI is InChI=1S/C16H19BrN2/c1-3-16(13-5-4-6-15(17)9-13)19-11-14-10-18-8-7-12(14)2/h4-10,16,19H,3,11H2,1-2H3. The predicted molar refractivity (Wildman–Crippen MR) is 83.0 cm³/mol. The topological polar surface area (TPSA) is 24.9 Å². The van der Waals surface area contributed by atoms with Crippen molar-refractivity contribution in [3.8, 4) is 0 Å². The number of rotatable bonds is 5. The molecule has 0 aliphatic carbocycles. The Hall–Kier alpha value is -1.19. The smallest absolute Gasteiger partial charge is 0.0321 e. The number of halogens is 1. The highest BCUT2D eigenvalue weighted by molar-refractivity contribution is 9.10. The van der Waals surface area contributed by atoms with Crippen molar-refractivity contribution in [3.63, 3.8) is 0 Å². The van der Waals surface area contributed by atoms with Gasteiger partial charge in [-0.05, 0) is 48.2 Å². The summed E-state index contributed by atoms with van der Waals surface area (Å²) in [7, 11) is 0. The average molecular weight is 319 g/mol. The van der Waals surface area contributed by atoms with Crippen LogP contribution in [0.1, 0.15) is 36.1 Å². The highest BCUT2D eigenvalue weighted by Crippen LogP contribution is 2.21. The maximum absolute atomic E-state index is 4.19. The zero-order chi connectivity index (χ0) is 13.7. The number of hydrogen-bond donors (Lipinski definition) is 1. The van der Waals surface area contributed by atoms with Crippen molar-refractivity contribution in [2.24, 2.45) is 0 Å². The summed E-state index contributed by atoms with van der Waals surface area (Å²) in [5.41, 5.74) is 3.86. The number of nitrogens with zero attached hydrogens (tertiary/aromatic N) is 1. The highest BCUT2D eigenvalue weighted by Gasteiger charge is 2.09. The van der Waals surface area contributed by atoms with Gasteiger partial charge in [-0.2, -0.15) is 0 Å². The second kappa shape index (κ2) is 6.83. The molecule has 0 spiro atoms. The Morgan fingerprint density at radius 3 is 2.84 bits per heavy atom. The Kier molecular flexibility index (Phi) is 5.11. The van der Waals surface area contributed by atoms with E-state index in [1.807, 2.05) is 12.4 Å². The number of pyridine rings is 1. The summed E-state index contributed by atoms with van der Waals surface area (Å²) >= 11 is 3.53. The molecular weight excluding hydrogens is 300 g/mol. The highest BCUT2D eigenvalue weighted by atomic mass is 79.9. The van der Waals surface area contributed by atoms with E-state index in [1.54, 1.807) is 0 Å². The zero-order valence-corrected chi connectivity index (χ0v) is 12.9. The third-order valence-electron chi connectivity index (χ3n) is 3.35. The third-order valence-corrected chi connectivity index (χ3v) is 3.84. The first-order chi connectivity index (χ1) is 9.20. The quantitative estimate of drug-likeness (QED) is 0.884. The molecular formula is C16H19BrN2. The van der Waals surface area contributed by atoms with E-state index in [2.05, 4.69) is 70.4 Å². The van der Waals surface area contributed by atoms with Crippen LogP contribution in [0.25, 0.3) is 0 Å². The van der Waals surface area contributed by atoms with Crippen LogP contribution in [-0.4, -0.2) is 4.98 Å². The zero-order valence-electron chi connectivity index (χ0n) is 11.4. The van der Waals surface area contributed by atoms with Crippen molar-refractivity contribution in [3.05, 3.63) is 63.9 Å². The molecule has 1 heterocycles. The van der Waals surface area contributed by atoms with Gasteiger partial charge in [-0.25, -0.2) is 0 Å². The van der Waals surface area contributed by atoms with Gasteiger partial charge in [0.2, 0.25) is 0 Å². The Labute approximate surface area is 123 Å². The molecule has 0 saturated heterocycles. The molecule has 1 atom stereocenters. The molecule has 0 radical (unpaired) electrons. The Morgan fingerprint density at radius 1 is 1.32 bits per heavy atom. The number of hydrogen-bond acceptors (Lipinski definition) is 2. The van der Waals surface area contributed by atoms with Crippen LogP contribution in [0.2, 0.25) is 0 Å². The Morgan fingerprint density at radius 2 is 2.16 bits per heavy atom. The molecule has 1 N–H and O–H groups in total. The lowest BCUT2D eigenvalue weighted by molar-refractivity contribution is 0.517. The molecule has 2 nitrogen and oxygen atoms in total. The number of aryl methyl sites for hydroxylation is 1. The number of benzene rings is 1. The first-order valence-electron chi connectivity index (χ1n) is 6.59. The summed E-state index contributed by atoms with van der Waals surface area (Å²) in [6, 6.07) is 10.9. The minimum Gasteiger partial charge on any atom is -0.306 e. The van der Waals surface area contributed by atoms with Gasteiger partial charge in [-0.1, -0.05) is 35.0 Å². The van der Waals surface area contributed by atoms with E-state index < -0.39 is 0 Å². The molecule has 0 fully saturated rings. The van der Waals surface area contributed by atoms with E-state index in [1.165, 1.54) is 16.7 Å². The molecule has 2 aromatic rings. The fourth-order valence-electron chi connectivity index (χ4n) is 2.14. The van der Waals surface area contributed by atoms with Crippen molar-refractivity contribution in [1.29, 1.82) is 0 Å².